The van der Waals surface area contributed by atoms with Gasteiger partial charge in [-0.3, -0.25) is 4.90 Å². The van der Waals surface area contributed by atoms with Gasteiger partial charge in [0.1, 0.15) is 5.75 Å². The first-order valence-corrected chi connectivity index (χ1v) is 6.00. The molecule has 0 aromatic heterocycles. The summed E-state index contributed by atoms with van der Waals surface area (Å²) >= 11 is 0. The normalized spacial score (nSPS) is 14.7. The van der Waals surface area contributed by atoms with Crippen molar-refractivity contribution in [3.8, 4) is 5.75 Å². The third-order valence-corrected chi connectivity index (χ3v) is 2.98. The summed E-state index contributed by atoms with van der Waals surface area (Å²) in [5, 5.41) is 9.99. The van der Waals surface area contributed by atoms with E-state index in [0.29, 0.717) is 6.54 Å². The van der Waals surface area contributed by atoms with Crippen LogP contribution in [0.3, 0.4) is 0 Å². The summed E-state index contributed by atoms with van der Waals surface area (Å²) in [5.74, 6) is 0.872. The molecule has 1 unspecified atom stereocenters. The minimum atomic E-state index is -0.610. The van der Waals surface area contributed by atoms with E-state index in [2.05, 4.69) is 17.0 Å². The van der Waals surface area contributed by atoms with Gasteiger partial charge < -0.3 is 9.84 Å². The van der Waals surface area contributed by atoms with E-state index in [1.54, 1.807) is 7.11 Å². The van der Waals surface area contributed by atoms with Crippen LogP contribution in [-0.4, -0.2) is 36.3 Å². The quantitative estimate of drug-likeness (QED) is 0.824. The van der Waals surface area contributed by atoms with Crippen molar-refractivity contribution in [3.63, 3.8) is 0 Å². The molecule has 96 valence electrons. The highest BCUT2D eigenvalue weighted by atomic mass is 16.5. The fourth-order valence-corrected chi connectivity index (χ4v) is 1.79. The summed E-state index contributed by atoms with van der Waals surface area (Å²) in [5.41, 5.74) is 0.613. The van der Waals surface area contributed by atoms with E-state index in [1.165, 1.54) is 5.56 Å². The van der Waals surface area contributed by atoms with Crippen LogP contribution in [0, 0.1) is 0 Å². The molecule has 0 spiro atoms. The number of hydrogen-bond donors (Lipinski definition) is 1. The van der Waals surface area contributed by atoms with Crippen molar-refractivity contribution in [2.75, 3.05) is 20.7 Å². The van der Waals surface area contributed by atoms with Crippen LogP contribution in [-0.2, 0) is 6.54 Å². The van der Waals surface area contributed by atoms with Gasteiger partial charge in [-0.2, -0.15) is 0 Å². The molecular formula is C14H23NO2. The fourth-order valence-electron chi connectivity index (χ4n) is 1.79. The molecular weight excluding hydrogens is 214 g/mol. The van der Waals surface area contributed by atoms with Crippen LogP contribution in [0.2, 0.25) is 0 Å². The van der Waals surface area contributed by atoms with Crippen molar-refractivity contribution in [2.24, 2.45) is 0 Å². The molecule has 0 aliphatic heterocycles. The zero-order valence-electron chi connectivity index (χ0n) is 11.2. The third kappa shape index (κ3) is 4.75. The summed E-state index contributed by atoms with van der Waals surface area (Å²) < 4.78 is 5.12. The lowest BCUT2D eigenvalue weighted by atomic mass is 10.0. The highest BCUT2D eigenvalue weighted by Gasteiger charge is 2.19. The lowest BCUT2D eigenvalue weighted by molar-refractivity contribution is 0.0218. The van der Waals surface area contributed by atoms with Gasteiger partial charge in [-0.1, -0.05) is 19.1 Å². The maximum absolute atomic E-state index is 9.99. The zero-order chi connectivity index (χ0) is 12.9. The topological polar surface area (TPSA) is 32.7 Å². The Morgan fingerprint density at radius 3 is 2.35 bits per heavy atom. The monoisotopic (exact) mass is 237 g/mol. The molecule has 3 nitrogen and oxygen atoms in total. The molecule has 0 aliphatic rings. The first kappa shape index (κ1) is 14.0. The van der Waals surface area contributed by atoms with Crippen LogP contribution in [0.4, 0.5) is 0 Å². The molecule has 0 saturated carbocycles. The molecule has 0 amide bonds. The molecule has 0 bridgehead atoms. The lowest BCUT2D eigenvalue weighted by Crippen LogP contribution is -2.37. The molecule has 0 saturated heterocycles. The van der Waals surface area contributed by atoms with E-state index in [0.717, 1.165) is 18.7 Å². The smallest absolute Gasteiger partial charge is 0.118 e. The third-order valence-electron chi connectivity index (χ3n) is 2.98. The van der Waals surface area contributed by atoms with Crippen molar-refractivity contribution in [2.45, 2.75) is 32.4 Å². The molecule has 1 aromatic rings. The average Bonchev–Trinajstić information content (AvgIpc) is 2.29. The van der Waals surface area contributed by atoms with Crippen molar-refractivity contribution >= 4 is 0 Å². The number of aliphatic hydroxyl groups is 1. The molecule has 0 aliphatic carbocycles. The van der Waals surface area contributed by atoms with Crippen molar-refractivity contribution in [3.05, 3.63) is 29.8 Å². The lowest BCUT2D eigenvalue weighted by Gasteiger charge is -2.28. The van der Waals surface area contributed by atoms with Crippen molar-refractivity contribution in [1.29, 1.82) is 0 Å². The minimum absolute atomic E-state index is 0.610. The molecule has 17 heavy (non-hydrogen) atoms. The molecule has 1 N–H and O–H groups in total. The molecule has 0 radical (unpaired) electrons. The van der Waals surface area contributed by atoms with Gasteiger partial charge >= 0.3 is 0 Å². The Balaban J connectivity index is 2.52. The highest BCUT2D eigenvalue weighted by Crippen LogP contribution is 2.15. The zero-order valence-corrected chi connectivity index (χ0v) is 11.2. The van der Waals surface area contributed by atoms with E-state index < -0.39 is 5.60 Å². The molecule has 0 heterocycles. The number of ether oxygens (including phenoxy) is 1. The van der Waals surface area contributed by atoms with Crippen LogP contribution in [0.15, 0.2) is 24.3 Å². The molecule has 0 fully saturated rings. The minimum Gasteiger partial charge on any atom is -0.497 e. The van der Waals surface area contributed by atoms with E-state index in [9.17, 15) is 5.11 Å². The van der Waals surface area contributed by atoms with E-state index in [4.69, 9.17) is 4.74 Å². The SMILES string of the molecule is CCC(C)(O)CN(C)Cc1ccc(OC)cc1. The molecule has 1 aromatic carbocycles. The predicted octanol–water partition coefficient (Wildman–Crippen LogP) is 2.29. The van der Waals surface area contributed by atoms with Crippen molar-refractivity contribution in [1.82, 2.24) is 4.90 Å². The summed E-state index contributed by atoms with van der Waals surface area (Å²) in [6.45, 7) is 5.38. The van der Waals surface area contributed by atoms with Crippen LogP contribution < -0.4 is 4.74 Å². The van der Waals surface area contributed by atoms with Gasteiger partial charge in [-0.05, 0) is 38.1 Å². The first-order chi connectivity index (χ1) is 7.96. The van der Waals surface area contributed by atoms with Crippen LogP contribution in [0.1, 0.15) is 25.8 Å². The molecule has 3 heteroatoms. The number of likely N-dealkylation sites (N-methyl/N-ethyl adjacent to an activating group) is 1. The molecule has 1 rings (SSSR count). The Labute approximate surface area is 104 Å². The summed E-state index contributed by atoms with van der Waals surface area (Å²) in [7, 11) is 3.69. The van der Waals surface area contributed by atoms with Gasteiger partial charge in [0.2, 0.25) is 0 Å². The highest BCUT2D eigenvalue weighted by molar-refractivity contribution is 5.27. The second-order valence-electron chi connectivity index (χ2n) is 4.87. The first-order valence-electron chi connectivity index (χ1n) is 6.00. The average molecular weight is 237 g/mol. The summed E-state index contributed by atoms with van der Waals surface area (Å²) in [4.78, 5) is 2.13. The maximum atomic E-state index is 9.99. The second-order valence-corrected chi connectivity index (χ2v) is 4.87. The van der Waals surface area contributed by atoms with Crippen molar-refractivity contribution < 1.29 is 9.84 Å². The number of methoxy groups -OCH3 is 1. The Bertz CT molecular complexity index is 333. The van der Waals surface area contributed by atoms with E-state index in [-0.39, 0.29) is 0 Å². The van der Waals surface area contributed by atoms with E-state index >= 15 is 0 Å². The van der Waals surface area contributed by atoms with Gasteiger partial charge in [0.25, 0.3) is 0 Å². The Kier molecular flexibility index (Phi) is 4.97. The van der Waals surface area contributed by atoms with Gasteiger partial charge in [-0.15, -0.1) is 0 Å². The largest absolute Gasteiger partial charge is 0.497 e. The van der Waals surface area contributed by atoms with Gasteiger partial charge in [0.05, 0.1) is 12.7 Å². The summed E-state index contributed by atoms with van der Waals surface area (Å²) in [6, 6.07) is 8.02. The summed E-state index contributed by atoms with van der Waals surface area (Å²) in [6.07, 6.45) is 0.764. The fraction of sp³-hybridized carbons (Fsp3) is 0.571. The second kappa shape index (κ2) is 6.03. The van der Waals surface area contributed by atoms with Gasteiger partial charge in [0, 0.05) is 13.1 Å². The van der Waals surface area contributed by atoms with Gasteiger partial charge in [-0.25, -0.2) is 0 Å². The van der Waals surface area contributed by atoms with Gasteiger partial charge in [0.15, 0.2) is 0 Å². The van der Waals surface area contributed by atoms with Crippen LogP contribution >= 0.6 is 0 Å². The Hall–Kier alpha value is -1.06. The van der Waals surface area contributed by atoms with E-state index in [1.807, 2.05) is 33.0 Å². The number of benzene rings is 1. The van der Waals surface area contributed by atoms with Crippen LogP contribution in [0.25, 0.3) is 0 Å². The number of nitrogens with zero attached hydrogens (tertiary/aromatic N) is 1. The Morgan fingerprint density at radius 1 is 1.29 bits per heavy atom. The standard InChI is InChI=1S/C14H23NO2/c1-5-14(2,16)11-15(3)10-12-6-8-13(17-4)9-7-12/h6-9,16H,5,10-11H2,1-4H3. The molecule has 1 atom stereocenters. The van der Waals surface area contributed by atoms with Crippen LogP contribution in [0.5, 0.6) is 5.75 Å². The number of hydrogen-bond acceptors (Lipinski definition) is 3. The number of rotatable bonds is 6. The Morgan fingerprint density at radius 2 is 1.88 bits per heavy atom. The maximum Gasteiger partial charge on any atom is 0.118 e. The predicted molar refractivity (Wildman–Crippen MR) is 70.2 cm³/mol.